The highest BCUT2D eigenvalue weighted by Gasteiger charge is 2.32. The largest absolute Gasteiger partial charge is 0.464 e. The molecule has 0 saturated heterocycles. The van der Waals surface area contributed by atoms with E-state index in [1.165, 1.54) is 19.4 Å². The van der Waals surface area contributed by atoms with E-state index in [9.17, 15) is 14.7 Å². The number of nitrogens with zero attached hydrogens (tertiary/aromatic N) is 2. The highest BCUT2D eigenvalue weighted by atomic mass is 16.7. The topological polar surface area (TPSA) is 89.0 Å². The van der Waals surface area contributed by atoms with Crippen LogP contribution in [0.15, 0.2) is 24.4 Å². The highest BCUT2D eigenvalue weighted by Crippen LogP contribution is 2.08. The van der Waals surface area contributed by atoms with Gasteiger partial charge in [-0.25, -0.2) is 4.79 Å². The van der Waals surface area contributed by atoms with Crippen molar-refractivity contribution in [1.82, 2.24) is 10.0 Å². The van der Waals surface area contributed by atoms with Crippen molar-refractivity contribution in [3.05, 3.63) is 30.1 Å². The minimum Gasteiger partial charge on any atom is -0.464 e. The number of carbonyl (C=O) groups excluding carboxylic acids is 2. The van der Waals surface area contributed by atoms with E-state index in [-0.39, 0.29) is 12.3 Å². The molecule has 19 heavy (non-hydrogen) atoms. The maximum atomic E-state index is 12.1. The van der Waals surface area contributed by atoms with E-state index < -0.39 is 24.5 Å². The van der Waals surface area contributed by atoms with E-state index in [1.54, 1.807) is 19.1 Å². The maximum Gasteiger partial charge on any atom is 0.333 e. The Morgan fingerprint density at radius 2 is 2.21 bits per heavy atom. The molecule has 0 aliphatic carbocycles. The monoisotopic (exact) mass is 268 g/mol. The number of amides is 1. The normalized spacial score (nSPS) is 11.7. The Labute approximate surface area is 110 Å². The van der Waals surface area contributed by atoms with E-state index >= 15 is 0 Å². The molecular formula is C12H16N2O5. The quantitative estimate of drug-likeness (QED) is 0.577. The van der Waals surface area contributed by atoms with Crippen LogP contribution in [-0.4, -0.2) is 53.4 Å². The van der Waals surface area contributed by atoms with Gasteiger partial charge < -0.3 is 9.84 Å². The van der Waals surface area contributed by atoms with Gasteiger partial charge in [0, 0.05) is 6.20 Å². The number of aromatic nitrogens is 1. The van der Waals surface area contributed by atoms with E-state index in [0.29, 0.717) is 0 Å². The van der Waals surface area contributed by atoms with Crippen molar-refractivity contribution in [2.75, 3.05) is 20.3 Å². The van der Waals surface area contributed by atoms with Crippen LogP contribution < -0.4 is 0 Å². The predicted octanol–water partition coefficient (Wildman–Crippen LogP) is 0.00920. The molecule has 7 nitrogen and oxygen atoms in total. The number of rotatable bonds is 6. The Hall–Kier alpha value is -1.99. The molecule has 0 aliphatic rings. The molecule has 1 amide bonds. The fraction of sp³-hybridized carbons (Fsp3) is 0.417. The number of aliphatic hydroxyl groups excluding tert-OH is 1. The average Bonchev–Trinajstić information content (AvgIpc) is 2.45. The summed E-state index contributed by atoms with van der Waals surface area (Å²) in [5, 5.41) is 9.98. The lowest BCUT2D eigenvalue weighted by Crippen LogP contribution is -2.47. The van der Waals surface area contributed by atoms with Crippen LogP contribution in [0.25, 0.3) is 0 Å². The van der Waals surface area contributed by atoms with Crippen molar-refractivity contribution >= 4 is 11.9 Å². The zero-order valence-electron chi connectivity index (χ0n) is 10.8. The van der Waals surface area contributed by atoms with E-state index in [1.807, 2.05) is 0 Å². The molecular weight excluding hydrogens is 252 g/mol. The maximum absolute atomic E-state index is 12.1. The van der Waals surface area contributed by atoms with Gasteiger partial charge in [-0.2, -0.15) is 5.06 Å². The van der Waals surface area contributed by atoms with Crippen LogP contribution in [0, 0.1) is 0 Å². The number of pyridine rings is 1. The number of esters is 1. The van der Waals surface area contributed by atoms with Crippen LogP contribution in [-0.2, 0) is 14.4 Å². The molecule has 0 aromatic carbocycles. The summed E-state index contributed by atoms with van der Waals surface area (Å²) in [6, 6.07) is 3.54. The Balaban J connectivity index is 2.92. The van der Waals surface area contributed by atoms with Gasteiger partial charge in [0.2, 0.25) is 0 Å². The molecule has 1 unspecified atom stereocenters. The van der Waals surface area contributed by atoms with Crippen LogP contribution in [0.1, 0.15) is 17.4 Å². The van der Waals surface area contributed by atoms with E-state index in [4.69, 9.17) is 9.57 Å². The van der Waals surface area contributed by atoms with Crippen LogP contribution in [0.4, 0.5) is 0 Å². The number of hydrogen-bond acceptors (Lipinski definition) is 6. The smallest absolute Gasteiger partial charge is 0.333 e. The van der Waals surface area contributed by atoms with E-state index in [0.717, 1.165) is 5.06 Å². The molecule has 1 aromatic heterocycles. The van der Waals surface area contributed by atoms with Gasteiger partial charge in [0.25, 0.3) is 5.91 Å². The number of aliphatic hydroxyl groups is 1. The third-order valence-corrected chi connectivity index (χ3v) is 2.30. The molecule has 0 fully saturated rings. The summed E-state index contributed by atoms with van der Waals surface area (Å²) in [5.74, 6) is -1.37. The first-order valence-corrected chi connectivity index (χ1v) is 5.71. The third-order valence-electron chi connectivity index (χ3n) is 2.30. The molecule has 0 bridgehead atoms. The lowest BCUT2D eigenvalue weighted by molar-refractivity contribution is -0.175. The molecule has 0 aliphatic heterocycles. The van der Waals surface area contributed by atoms with Crippen LogP contribution in [0.3, 0.4) is 0 Å². The van der Waals surface area contributed by atoms with Gasteiger partial charge in [-0.15, -0.1) is 0 Å². The molecule has 104 valence electrons. The Morgan fingerprint density at radius 1 is 1.47 bits per heavy atom. The van der Waals surface area contributed by atoms with E-state index in [2.05, 4.69) is 4.98 Å². The summed E-state index contributed by atoms with van der Waals surface area (Å²) in [7, 11) is 1.22. The Bertz CT molecular complexity index is 423. The summed E-state index contributed by atoms with van der Waals surface area (Å²) in [4.78, 5) is 32.5. The molecule has 7 heteroatoms. The van der Waals surface area contributed by atoms with Crippen LogP contribution in [0.2, 0.25) is 0 Å². The van der Waals surface area contributed by atoms with Gasteiger partial charge in [0.1, 0.15) is 5.69 Å². The minimum absolute atomic E-state index is 0.104. The number of ether oxygens (including phenoxy) is 1. The average molecular weight is 268 g/mol. The number of hydrogen-bond donors (Lipinski definition) is 1. The highest BCUT2D eigenvalue weighted by molar-refractivity contribution is 5.94. The SMILES string of the molecule is CCOC(=O)C(CO)N(OC)C(=O)c1ccccn1. The summed E-state index contributed by atoms with van der Waals surface area (Å²) in [5.41, 5.74) is 0.104. The zero-order valence-corrected chi connectivity index (χ0v) is 10.8. The zero-order chi connectivity index (χ0) is 14.3. The predicted molar refractivity (Wildman–Crippen MR) is 64.9 cm³/mol. The molecule has 1 heterocycles. The van der Waals surface area contributed by atoms with Crippen molar-refractivity contribution in [1.29, 1.82) is 0 Å². The second kappa shape index (κ2) is 7.45. The lowest BCUT2D eigenvalue weighted by atomic mass is 10.2. The number of hydroxylamine groups is 2. The van der Waals surface area contributed by atoms with Gasteiger partial charge in [-0.1, -0.05) is 6.07 Å². The molecule has 1 N–H and O–H groups in total. The van der Waals surface area contributed by atoms with Gasteiger partial charge in [0.15, 0.2) is 6.04 Å². The van der Waals surface area contributed by atoms with Crippen LogP contribution in [0.5, 0.6) is 0 Å². The summed E-state index contributed by atoms with van der Waals surface area (Å²) in [6.45, 7) is 1.17. The fourth-order valence-electron chi connectivity index (χ4n) is 1.44. The van der Waals surface area contributed by atoms with Crippen molar-refractivity contribution in [3.8, 4) is 0 Å². The van der Waals surface area contributed by atoms with Crippen molar-refractivity contribution in [3.63, 3.8) is 0 Å². The lowest BCUT2D eigenvalue weighted by Gasteiger charge is -2.25. The van der Waals surface area contributed by atoms with Gasteiger partial charge in [-0.05, 0) is 19.1 Å². The molecule has 0 radical (unpaired) electrons. The summed E-state index contributed by atoms with van der Waals surface area (Å²) in [6.07, 6.45) is 1.44. The first-order chi connectivity index (χ1) is 9.15. The molecule has 0 saturated carbocycles. The number of carbonyl (C=O) groups is 2. The standard InChI is InChI=1S/C12H16N2O5/c1-3-19-12(17)10(8-15)14(18-2)11(16)9-6-4-5-7-13-9/h4-7,10,15H,3,8H2,1-2H3. The van der Waals surface area contributed by atoms with Gasteiger partial charge in [0.05, 0.1) is 20.3 Å². The van der Waals surface area contributed by atoms with Crippen LogP contribution >= 0.6 is 0 Å². The first-order valence-electron chi connectivity index (χ1n) is 5.71. The molecule has 1 rings (SSSR count). The summed E-state index contributed by atoms with van der Waals surface area (Å²) >= 11 is 0. The van der Waals surface area contributed by atoms with Crippen molar-refractivity contribution in [2.24, 2.45) is 0 Å². The fourth-order valence-corrected chi connectivity index (χ4v) is 1.44. The van der Waals surface area contributed by atoms with Crippen molar-refractivity contribution < 1.29 is 24.3 Å². The molecule has 0 spiro atoms. The Morgan fingerprint density at radius 3 is 2.68 bits per heavy atom. The second-order valence-corrected chi connectivity index (χ2v) is 3.48. The third kappa shape index (κ3) is 3.73. The second-order valence-electron chi connectivity index (χ2n) is 3.48. The molecule has 1 atom stereocenters. The van der Waals surface area contributed by atoms with Crippen molar-refractivity contribution in [2.45, 2.75) is 13.0 Å². The Kier molecular flexibility index (Phi) is 5.91. The minimum atomic E-state index is -1.22. The van der Waals surface area contributed by atoms with Gasteiger partial charge in [-0.3, -0.25) is 14.6 Å². The molecule has 1 aromatic rings. The summed E-state index contributed by atoms with van der Waals surface area (Å²) < 4.78 is 4.77. The van der Waals surface area contributed by atoms with Gasteiger partial charge >= 0.3 is 5.97 Å². The first kappa shape index (κ1) is 15.1.